The molecule has 0 fully saturated rings. The van der Waals surface area contributed by atoms with E-state index in [-0.39, 0.29) is 17.1 Å². The smallest absolute Gasteiger partial charge is 0.321 e. The quantitative estimate of drug-likeness (QED) is 0.709. The molecule has 1 aromatic carbocycles. The minimum absolute atomic E-state index is 0.0297. The van der Waals surface area contributed by atoms with E-state index in [2.05, 4.69) is 4.72 Å². The van der Waals surface area contributed by atoms with Crippen molar-refractivity contribution < 1.29 is 27.8 Å². The fourth-order valence-corrected chi connectivity index (χ4v) is 3.61. The van der Waals surface area contributed by atoms with Gasteiger partial charge in [0, 0.05) is 6.07 Å². The predicted octanol–water partition coefficient (Wildman–Crippen LogP) is 1.93. The lowest BCUT2D eigenvalue weighted by Gasteiger charge is -2.17. The number of hydrogen-bond donors (Lipinski definition) is 2. The molecule has 0 aliphatic heterocycles. The molecular formula is C15H23NO6S. The molecule has 8 heteroatoms. The molecule has 0 bridgehead atoms. The summed E-state index contributed by atoms with van der Waals surface area (Å²) in [6.45, 7) is 3.52. The van der Waals surface area contributed by atoms with Crippen molar-refractivity contribution >= 4 is 16.0 Å². The molecule has 0 saturated carbocycles. The molecule has 0 aliphatic carbocycles. The number of rotatable bonds is 9. The molecule has 23 heavy (non-hydrogen) atoms. The van der Waals surface area contributed by atoms with Crippen LogP contribution in [0.4, 0.5) is 0 Å². The van der Waals surface area contributed by atoms with Gasteiger partial charge in [0.2, 0.25) is 10.0 Å². The molecule has 130 valence electrons. The molecule has 0 heterocycles. The van der Waals surface area contributed by atoms with E-state index in [0.29, 0.717) is 17.7 Å². The van der Waals surface area contributed by atoms with Gasteiger partial charge in [-0.3, -0.25) is 4.79 Å². The third kappa shape index (κ3) is 4.84. The number of sulfonamides is 1. The van der Waals surface area contributed by atoms with Crippen molar-refractivity contribution in [1.82, 2.24) is 4.72 Å². The molecule has 1 unspecified atom stereocenters. The average molecular weight is 345 g/mol. The third-order valence-corrected chi connectivity index (χ3v) is 5.03. The van der Waals surface area contributed by atoms with Gasteiger partial charge < -0.3 is 14.6 Å². The summed E-state index contributed by atoms with van der Waals surface area (Å²) in [6.07, 6.45) is 1.63. The summed E-state index contributed by atoms with van der Waals surface area (Å²) in [5.74, 6) is -0.524. The van der Waals surface area contributed by atoms with Crippen molar-refractivity contribution in [3.05, 3.63) is 17.7 Å². The number of aryl methyl sites for hydroxylation is 1. The molecule has 0 aliphatic rings. The first kappa shape index (κ1) is 19.2. The number of nitrogens with one attached hydrogen (secondary N) is 1. The summed E-state index contributed by atoms with van der Waals surface area (Å²) in [7, 11) is -1.14. The number of unbranched alkanes of at least 4 members (excludes halogenated alkanes) is 1. The third-order valence-electron chi connectivity index (χ3n) is 3.41. The van der Waals surface area contributed by atoms with Gasteiger partial charge in [-0.15, -0.1) is 0 Å². The summed E-state index contributed by atoms with van der Waals surface area (Å²) < 4.78 is 37.5. The molecule has 0 saturated heterocycles. The van der Waals surface area contributed by atoms with Gasteiger partial charge in [0.25, 0.3) is 0 Å². The van der Waals surface area contributed by atoms with E-state index in [0.717, 1.165) is 6.42 Å². The van der Waals surface area contributed by atoms with E-state index in [4.69, 9.17) is 9.47 Å². The SMILES string of the molecule is CCCCC(NS(=O)(=O)c1cc(OC)c(OC)cc1C)C(=O)O. The van der Waals surface area contributed by atoms with Gasteiger partial charge in [-0.25, -0.2) is 8.42 Å². The highest BCUT2D eigenvalue weighted by Crippen LogP contribution is 2.32. The Kier molecular flexibility index (Phi) is 6.83. The lowest BCUT2D eigenvalue weighted by molar-refractivity contribution is -0.139. The van der Waals surface area contributed by atoms with Gasteiger partial charge in [-0.2, -0.15) is 4.72 Å². The number of hydrogen-bond acceptors (Lipinski definition) is 5. The van der Waals surface area contributed by atoms with Crippen molar-refractivity contribution in [3.8, 4) is 11.5 Å². The molecule has 1 atom stereocenters. The van der Waals surface area contributed by atoms with Gasteiger partial charge in [0.1, 0.15) is 6.04 Å². The topological polar surface area (TPSA) is 102 Å². The van der Waals surface area contributed by atoms with Crippen molar-refractivity contribution in [3.63, 3.8) is 0 Å². The molecule has 7 nitrogen and oxygen atoms in total. The van der Waals surface area contributed by atoms with Crippen molar-refractivity contribution in [2.24, 2.45) is 0 Å². The number of carboxylic acids is 1. The minimum atomic E-state index is -3.99. The second kappa shape index (κ2) is 8.16. The van der Waals surface area contributed by atoms with E-state index in [1.54, 1.807) is 6.92 Å². The molecule has 0 radical (unpaired) electrons. The number of benzene rings is 1. The van der Waals surface area contributed by atoms with Crippen LogP contribution in [0.15, 0.2) is 17.0 Å². The maximum atomic E-state index is 12.5. The van der Waals surface area contributed by atoms with Gasteiger partial charge in [0.15, 0.2) is 11.5 Å². The molecule has 1 rings (SSSR count). The van der Waals surface area contributed by atoms with E-state index < -0.39 is 22.0 Å². The van der Waals surface area contributed by atoms with Gasteiger partial charge >= 0.3 is 5.97 Å². The predicted molar refractivity (Wildman–Crippen MR) is 85.6 cm³/mol. The molecule has 0 amide bonds. The molecule has 0 spiro atoms. The summed E-state index contributed by atoms with van der Waals surface area (Å²) in [4.78, 5) is 11.2. The normalized spacial score (nSPS) is 12.7. The average Bonchev–Trinajstić information content (AvgIpc) is 2.50. The monoisotopic (exact) mass is 345 g/mol. The van der Waals surface area contributed by atoms with Gasteiger partial charge in [-0.05, 0) is 25.0 Å². The molecular weight excluding hydrogens is 322 g/mol. The Labute approximate surface area is 136 Å². The standard InChI is InChI=1S/C15H23NO6S/c1-5-6-7-11(15(17)18)16-23(19,20)14-9-13(22-4)12(21-3)8-10(14)2/h8-9,11,16H,5-7H2,1-4H3,(H,17,18). The molecule has 0 aromatic heterocycles. The highest BCUT2D eigenvalue weighted by atomic mass is 32.2. The zero-order valence-electron chi connectivity index (χ0n) is 13.8. The van der Waals surface area contributed by atoms with Gasteiger partial charge in [-0.1, -0.05) is 19.8 Å². The van der Waals surface area contributed by atoms with Crippen LogP contribution in [0.3, 0.4) is 0 Å². The maximum Gasteiger partial charge on any atom is 0.321 e. The first-order chi connectivity index (χ1) is 10.8. The maximum absolute atomic E-state index is 12.5. The zero-order chi connectivity index (χ0) is 17.6. The Bertz CT molecular complexity index is 656. The van der Waals surface area contributed by atoms with E-state index in [1.165, 1.54) is 26.4 Å². The molecule has 2 N–H and O–H groups in total. The second-order valence-electron chi connectivity index (χ2n) is 5.13. The van der Waals surface area contributed by atoms with Crippen LogP contribution >= 0.6 is 0 Å². The minimum Gasteiger partial charge on any atom is -0.493 e. The van der Waals surface area contributed by atoms with Crippen LogP contribution in [-0.4, -0.2) is 39.8 Å². The number of carboxylic acid groups (broad SMARTS) is 1. The summed E-state index contributed by atoms with van der Waals surface area (Å²) in [5.41, 5.74) is 0.440. The Balaban J connectivity index is 3.19. The lowest BCUT2D eigenvalue weighted by Crippen LogP contribution is -2.40. The van der Waals surface area contributed by atoms with Crippen molar-refractivity contribution in [1.29, 1.82) is 0 Å². The summed E-state index contributed by atoms with van der Waals surface area (Å²) in [6, 6.07) is 1.71. The second-order valence-corrected chi connectivity index (χ2v) is 6.81. The Morgan fingerprint density at radius 3 is 2.30 bits per heavy atom. The summed E-state index contributed by atoms with van der Waals surface area (Å²) in [5, 5.41) is 9.19. The highest BCUT2D eigenvalue weighted by Gasteiger charge is 2.27. The zero-order valence-corrected chi connectivity index (χ0v) is 14.6. The first-order valence-electron chi connectivity index (χ1n) is 7.24. The van der Waals surface area contributed by atoms with Crippen LogP contribution in [0.25, 0.3) is 0 Å². The van der Waals surface area contributed by atoms with E-state index >= 15 is 0 Å². The van der Waals surface area contributed by atoms with Gasteiger partial charge in [0.05, 0.1) is 19.1 Å². The lowest BCUT2D eigenvalue weighted by atomic mass is 10.1. The fraction of sp³-hybridized carbons (Fsp3) is 0.533. The molecule has 1 aromatic rings. The van der Waals surface area contributed by atoms with Crippen molar-refractivity contribution in [2.45, 2.75) is 44.0 Å². The Morgan fingerprint density at radius 2 is 1.83 bits per heavy atom. The van der Waals surface area contributed by atoms with Crippen LogP contribution in [0.1, 0.15) is 31.7 Å². The first-order valence-corrected chi connectivity index (χ1v) is 8.72. The van der Waals surface area contributed by atoms with Crippen LogP contribution in [0, 0.1) is 6.92 Å². The number of ether oxygens (including phenoxy) is 2. The van der Waals surface area contributed by atoms with Crippen LogP contribution in [0.5, 0.6) is 11.5 Å². The number of carbonyl (C=O) groups is 1. The fourth-order valence-electron chi connectivity index (χ4n) is 2.14. The van der Waals surface area contributed by atoms with Crippen LogP contribution in [0.2, 0.25) is 0 Å². The van der Waals surface area contributed by atoms with Crippen LogP contribution in [-0.2, 0) is 14.8 Å². The largest absolute Gasteiger partial charge is 0.493 e. The number of aliphatic carboxylic acids is 1. The Morgan fingerprint density at radius 1 is 1.26 bits per heavy atom. The van der Waals surface area contributed by atoms with Crippen LogP contribution < -0.4 is 14.2 Å². The number of methoxy groups -OCH3 is 2. The van der Waals surface area contributed by atoms with Crippen molar-refractivity contribution in [2.75, 3.05) is 14.2 Å². The van der Waals surface area contributed by atoms with E-state index in [9.17, 15) is 18.3 Å². The summed E-state index contributed by atoms with van der Waals surface area (Å²) >= 11 is 0. The Hall–Kier alpha value is -1.80. The highest BCUT2D eigenvalue weighted by molar-refractivity contribution is 7.89. The van der Waals surface area contributed by atoms with E-state index in [1.807, 2.05) is 6.92 Å².